The molecule has 1 aliphatic rings. The predicted molar refractivity (Wildman–Crippen MR) is 74.0 cm³/mol. The highest BCUT2D eigenvalue weighted by atomic mass is 32.2. The monoisotopic (exact) mass is 295 g/mol. The fourth-order valence-corrected chi connectivity index (χ4v) is 3.85. The normalized spacial score (nSPS) is 20.6. The van der Waals surface area contributed by atoms with Crippen LogP contribution in [0.1, 0.15) is 30.1 Å². The van der Waals surface area contributed by atoms with Crippen molar-refractivity contribution >= 4 is 22.1 Å². The Morgan fingerprint density at radius 3 is 2.50 bits per heavy atom. The summed E-state index contributed by atoms with van der Waals surface area (Å²) in [7, 11) is -3.58. The molecule has 1 heterocycles. The van der Waals surface area contributed by atoms with E-state index in [2.05, 4.69) is 0 Å². The molecule has 0 saturated carbocycles. The molecule has 6 heteroatoms. The first-order valence-corrected chi connectivity index (χ1v) is 7.95. The molecule has 20 heavy (non-hydrogen) atoms. The second-order valence-electron chi connectivity index (χ2n) is 4.98. The van der Waals surface area contributed by atoms with Crippen LogP contribution < -0.4 is 0 Å². The molecule has 0 aromatic heterocycles. The first-order chi connectivity index (χ1) is 9.45. The lowest BCUT2D eigenvalue weighted by molar-refractivity contribution is -0.112. The second-order valence-corrected chi connectivity index (χ2v) is 6.92. The van der Waals surface area contributed by atoms with Gasteiger partial charge in [0.1, 0.15) is 6.29 Å². The quantitative estimate of drug-likeness (QED) is 0.623. The largest absolute Gasteiger partial charge is 0.303 e. The Morgan fingerprint density at radius 1 is 1.30 bits per heavy atom. The molecule has 1 aliphatic heterocycles. The lowest BCUT2D eigenvalue weighted by Crippen LogP contribution is -2.40. The number of ketones is 1. The van der Waals surface area contributed by atoms with Crippen LogP contribution >= 0.6 is 0 Å². The van der Waals surface area contributed by atoms with E-state index in [0.29, 0.717) is 18.5 Å². The maximum Gasteiger partial charge on any atom is 0.243 e. The van der Waals surface area contributed by atoms with E-state index in [4.69, 9.17) is 0 Å². The van der Waals surface area contributed by atoms with Crippen molar-refractivity contribution in [2.75, 3.05) is 13.1 Å². The van der Waals surface area contributed by atoms with Crippen molar-refractivity contribution < 1.29 is 18.0 Å². The Morgan fingerprint density at radius 2 is 1.95 bits per heavy atom. The minimum Gasteiger partial charge on any atom is -0.303 e. The van der Waals surface area contributed by atoms with Gasteiger partial charge in [-0.15, -0.1) is 0 Å². The molecule has 108 valence electrons. The summed E-state index contributed by atoms with van der Waals surface area (Å²) in [4.78, 5) is 22.2. The number of piperidine rings is 1. The highest BCUT2D eigenvalue weighted by molar-refractivity contribution is 7.89. The molecule has 0 radical (unpaired) electrons. The van der Waals surface area contributed by atoms with E-state index < -0.39 is 10.0 Å². The zero-order valence-electron chi connectivity index (χ0n) is 11.3. The van der Waals surface area contributed by atoms with Crippen LogP contribution in [0.3, 0.4) is 0 Å². The number of hydrogen-bond donors (Lipinski definition) is 0. The van der Waals surface area contributed by atoms with E-state index in [-0.39, 0.29) is 23.1 Å². The molecule has 1 saturated heterocycles. The fraction of sp³-hybridized carbons (Fsp3) is 0.429. The zero-order valence-corrected chi connectivity index (χ0v) is 12.1. The number of Topliss-reactive ketones (excluding diaryl/α,β-unsaturated/α-hetero) is 1. The van der Waals surface area contributed by atoms with Gasteiger partial charge in [-0.05, 0) is 31.9 Å². The third-order valence-electron chi connectivity index (χ3n) is 3.51. The fourth-order valence-electron chi connectivity index (χ4n) is 2.31. The number of carbonyl (C=O) groups excluding carboxylic acids is 2. The number of hydrogen-bond acceptors (Lipinski definition) is 4. The molecule has 0 spiro atoms. The van der Waals surface area contributed by atoms with Crippen LogP contribution in [-0.2, 0) is 14.8 Å². The number of nitrogens with zero attached hydrogens (tertiary/aromatic N) is 1. The highest BCUT2D eigenvalue weighted by Crippen LogP contribution is 2.23. The van der Waals surface area contributed by atoms with E-state index in [1.165, 1.54) is 35.5 Å². The van der Waals surface area contributed by atoms with E-state index >= 15 is 0 Å². The minimum absolute atomic E-state index is 0.104. The van der Waals surface area contributed by atoms with Crippen molar-refractivity contribution in [2.45, 2.75) is 24.7 Å². The summed E-state index contributed by atoms with van der Waals surface area (Å²) >= 11 is 0. The SMILES string of the molecule is CC(=O)c1ccc(S(=O)(=O)N2CCCC(C=O)C2)cc1. The molecule has 0 aliphatic carbocycles. The van der Waals surface area contributed by atoms with E-state index in [1.807, 2.05) is 0 Å². The molecular formula is C14H17NO4S. The first-order valence-electron chi connectivity index (χ1n) is 6.51. The van der Waals surface area contributed by atoms with Gasteiger partial charge in [0.15, 0.2) is 5.78 Å². The van der Waals surface area contributed by atoms with Crippen molar-refractivity contribution in [2.24, 2.45) is 5.92 Å². The lowest BCUT2D eigenvalue weighted by atomic mass is 10.0. The summed E-state index contributed by atoms with van der Waals surface area (Å²) in [6.45, 7) is 2.10. The molecule has 1 aromatic rings. The molecule has 1 aromatic carbocycles. The van der Waals surface area contributed by atoms with Gasteiger partial charge in [-0.2, -0.15) is 4.31 Å². The van der Waals surface area contributed by atoms with Crippen molar-refractivity contribution in [3.8, 4) is 0 Å². The maximum absolute atomic E-state index is 12.5. The van der Waals surface area contributed by atoms with E-state index in [0.717, 1.165) is 12.7 Å². The number of rotatable bonds is 4. The van der Waals surface area contributed by atoms with E-state index in [1.54, 1.807) is 0 Å². The van der Waals surface area contributed by atoms with Gasteiger partial charge in [-0.3, -0.25) is 4.79 Å². The van der Waals surface area contributed by atoms with E-state index in [9.17, 15) is 18.0 Å². The third kappa shape index (κ3) is 2.96. The van der Waals surface area contributed by atoms with Gasteiger partial charge >= 0.3 is 0 Å². The molecule has 0 bridgehead atoms. The standard InChI is InChI=1S/C14H17NO4S/c1-11(17)13-4-6-14(7-5-13)20(18,19)15-8-2-3-12(9-15)10-16/h4-7,10,12H,2-3,8-9H2,1H3. The lowest BCUT2D eigenvalue weighted by Gasteiger charge is -2.29. The zero-order chi connectivity index (χ0) is 14.8. The number of carbonyl (C=O) groups is 2. The van der Waals surface area contributed by atoms with Gasteiger partial charge in [-0.25, -0.2) is 8.42 Å². The Kier molecular flexibility index (Phi) is 4.35. The maximum atomic E-state index is 12.5. The topological polar surface area (TPSA) is 71.5 Å². The summed E-state index contributed by atoms with van der Waals surface area (Å²) in [6.07, 6.45) is 2.24. The van der Waals surface area contributed by atoms with Gasteiger partial charge in [0.2, 0.25) is 10.0 Å². The van der Waals surface area contributed by atoms with Gasteiger partial charge in [0.05, 0.1) is 4.90 Å². The molecule has 0 N–H and O–H groups in total. The smallest absolute Gasteiger partial charge is 0.243 e. The number of aldehydes is 1. The molecule has 2 rings (SSSR count). The molecule has 1 unspecified atom stereocenters. The number of benzene rings is 1. The molecule has 0 amide bonds. The minimum atomic E-state index is -3.58. The Labute approximate surface area is 118 Å². The average molecular weight is 295 g/mol. The van der Waals surface area contributed by atoms with Crippen LogP contribution in [-0.4, -0.2) is 37.9 Å². The van der Waals surface area contributed by atoms with Gasteiger partial charge in [0, 0.05) is 24.6 Å². The average Bonchev–Trinajstić information content (AvgIpc) is 2.47. The van der Waals surface area contributed by atoms with Crippen molar-refractivity contribution in [3.63, 3.8) is 0 Å². The molecular weight excluding hydrogens is 278 g/mol. The van der Waals surface area contributed by atoms with Crippen LogP contribution in [0.25, 0.3) is 0 Å². The van der Waals surface area contributed by atoms with Gasteiger partial charge in [0.25, 0.3) is 0 Å². The first kappa shape index (κ1) is 14.9. The van der Waals surface area contributed by atoms with Crippen LogP contribution in [0.5, 0.6) is 0 Å². The van der Waals surface area contributed by atoms with Crippen LogP contribution in [0.2, 0.25) is 0 Å². The summed E-state index contributed by atoms with van der Waals surface area (Å²) in [5, 5.41) is 0. The second kappa shape index (κ2) is 5.85. The Bertz CT molecular complexity index is 607. The van der Waals surface area contributed by atoms with Crippen LogP contribution in [0, 0.1) is 5.92 Å². The van der Waals surface area contributed by atoms with Crippen LogP contribution in [0.4, 0.5) is 0 Å². The van der Waals surface area contributed by atoms with Crippen molar-refractivity contribution in [1.29, 1.82) is 0 Å². The van der Waals surface area contributed by atoms with Gasteiger partial charge < -0.3 is 4.79 Å². The Balaban J connectivity index is 2.25. The molecule has 1 atom stereocenters. The summed E-state index contributed by atoms with van der Waals surface area (Å²) in [5.41, 5.74) is 0.480. The third-order valence-corrected chi connectivity index (χ3v) is 5.39. The molecule has 5 nitrogen and oxygen atoms in total. The van der Waals surface area contributed by atoms with Gasteiger partial charge in [-0.1, -0.05) is 12.1 Å². The van der Waals surface area contributed by atoms with Crippen LogP contribution in [0.15, 0.2) is 29.2 Å². The predicted octanol–water partition coefficient (Wildman–Crippen LogP) is 1.49. The molecule has 1 fully saturated rings. The highest BCUT2D eigenvalue weighted by Gasteiger charge is 2.29. The summed E-state index contributed by atoms with van der Waals surface area (Å²) in [6, 6.07) is 5.90. The van der Waals surface area contributed by atoms with Crippen molar-refractivity contribution in [3.05, 3.63) is 29.8 Å². The summed E-state index contributed by atoms with van der Waals surface area (Å²) < 4.78 is 26.3. The van der Waals surface area contributed by atoms with Crippen molar-refractivity contribution in [1.82, 2.24) is 4.31 Å². The summed E-state index contributed by atoms with van der Waals surface area (Å²) in [5.74, 6) is -0.331. The Hall–Kier alpha value is -1.53. The number of sulfonamides is 1.